The lowest BCUT2D eigenvalue weighted by atomic mass is 10.4. The Labute approximate surface area is 62.7 Å². The molecule has 1 aliphatic heterocycles. The van der Waals surface area contributed by atoms with Crippen LogP contribution in [-0.2, 0) is 4.79 Å². The first-order chi connectivity index (χ1) is 4.74. The van der Waals surface area contributed by atoms with Crippen molar-refractivity contribution in [1.82, 2.24) is 5.32 Å². The quantitative estimate of drug-likeness (QED) is 0.546. The highest BCUT2D eigenvalue weighted by atomic mass is 32.2. The minimum Gasteiger partial charge on any atom is -0.374 e. The van der Waals surface area contributed by atoms with E-state index in [-0.39, 0.29) is 17.9 Å². The molecular formula is C5H8N2O2S. The fourth-order valence-electron chi connectivity index (χ4n) is 0.598. The number of carbonyl (C=O) groups is 1. The minimum absolute atomic E-state index is 0.0443. The van der Waals surface area contributed by atoms with E-state index in [2.05, 4.69) is 10.3 Å². The molecule has 0 aromatic heterocycles. The second-order valence-electron chi connectivity index (χ2n) is 1.85. The molecule has 1 atom stereocenters. The molecule has 1 amide bonds. The Hall–Kier alpha value is -0.550. The molecule has 0 radical (unpaired) electrons. The summed E-state index contributed by atoms with van der Waals surface area (Å²) in [6.45, 7) is 1.52. The van der Waals surface area contributed by atoms with Crippen molar-refractivity contribution in [2.24, 2.45) is 4.99 Å². The molecule has 2 N–H and O–H groups in total. The van der Waals surface area contributed by atoms with E-state index in [0.29, 0.717) is 5.17 Å². The number of rotatable bonds is 1. The molecule has 0 aromatic carbocycles. The third kappa shape index (κ3) is 1.48. The molecule has 1 rings (SSSR count). The lowest BCUT2D eigenvalue weighted by Crippen LogP contribution is -2.23. The van der Waals surface area contributed by atoms with Gasteiger partial charge in [-0.05, 0) is 6.92 Å². The molecule has 1 unspecified atom stereocenters. The van der Waals surface area contributed by atoms with E-state index in [0.717, 1.165) is 0 Å². The molecule has 1 aliphatic rings. The molecule has 1 heterocycles. The average molecular weight is 160 g/mol. The van der Waals surface area contributed by atoms with Crippen molar-refractivity contribution < 1.29 is 9.90 Å². The molecule has 0 aliphatic carbocycles. The van der Waals surface area contributed by atoms with Crippen LogP contribution < -0.4 is 5.32 Å². The number of aliphatic imine (C=N–C) groups is 1. The molecule has 4 nitrogen and oxygen atoms in total. The van der Waals surface area contributed by atoms with Crippen molar-refractivity contribution >= 4 is 22.8 Å². The Morgan fingerprint density at radius 3 is 3.00 bits per heavy atom. The number of hydrogen-bond acceptors (Lipinski definition) is 4. The second-order valence-corrected chi connectivity index (χ2v) is 3.18. The topological polar surface area (TPSA) is 61.7 Å². The highest BCUT2D eigenvalue weighted by Crippen LogP contribution is 2.17. The fraction of sp³-hybridized carbons (Fsp3) is 0.600. The van der Waals surface area contributed by atoms with Gasteiger partial charge in [0.15, 0.2) is 5.17 Å². The highest BCUT2D eigenvalue weighted by Gasteiger charge is 2.25. The van der Waals surface area contributed by atoms with Crippen molar-refractivity contribution in [2.45, 2.75) is 12.2 Å². The Kier molecular flexibility index (Phi) is 2.29. The van der Waals surface area contributed by atoms with Gasteiger partial charge in [-0.25, -0.2) is 4.99 Å². The number of nitrogens with zero attached hydrogens (tertiary/aromatic N) is 1. The van der Waals surface area contributed by atoms with Gasteiger partial charge >= 0.3 is 0 Å². The van der Waals surface area contributed by atoms with E-state index in [9.17, 15) is 4.79 Å². The van der Waals surface area contributed by atoms with Crippen LogP contribution in [0, 0.1) is 0 Å². The first-order valence-corrected chi connectivity index (χ1v) is 3.75. The maximum atomic E-state index is 10.8. The summed E-state index contributed by atoms with van der Waals surface area (Å²) in [6.07, 6.45) is 0. The summed E-state index contributed by atoms with van der Waals surface area (Å²) in [5.41, 5.74) is 0. The fourth-order valence-corrected chi connectivity index (χ4v) is 1.39. The number of thioether (sulfide) groups is 1. The van der Waals surface area contributed by atoms with Gasteiger partial charge in [0.25, 0.3) is 0 Å². The van der Waals surface area contributed by atoms with E-state index in [1.54, 1.807) is 6.92 Å². The summed E-state index contributed by atoms with van der Waals surface area (Å²) in [5.74, 6) is -0.0443. The predicted octanol–water partition coefficient (Wildman–Crippen LogP) is -0.456. The van der Waals surface area contributed by atoms with Crippen LogP contribution >= 0.6 is 11.8 Å². The van der Waals surface area contributed by atoms with Crippen molar-refractivity contribution in [1.29, 1.82) is 0 Å². The van der Waals surface area contributed by atoms with Crippen LogP contribution in [-0.4, -0.2) is 28.2 Å². The van der Waals surface area contributed by atoms with Gasteiger partial charge in [0.05, 0.1) is 5.25 Å². The van der Waals surface area contributed by atoms with Crippen molar-refractivity contribution in [3.63, 3.8) is 0 Å². The van der Waals surface area contributed by atoms with Gasteiger partial charge in [-0.2, -0.15) is 0 Å². The molecule has 1 saturated heterocycles. The summed E-state index contributed by atoms with van der Waals surface area (Å²) >= 11 is 1.33. The zero-order valence-electron chi connectivity index (χ0n) is 5.50. The molecule has 56 valence electrons. The smallest absolute Gasteiger partial charge is 0.239 e. The van der Waals surface area contributed by atoms with E-state index < -0.39 is 0 Å². The van der Waals surface area contributed by atoms with Crippen LogP contribution in [0.4, 0.5) is 0 Å². The van der Waals surface area contributed by atoms with E-state index in [1.807, 2.05) is 0 Å². The maximum absolute atomic E-state index is 10.8. The molecule has 1 fully saturated rings. The Bertz CT molecular complexity index is 180. The van der Waals surface area contributed by atoms with Gasteiger partial charge in [0, 0.05) is 0 Å². The van der Waals surface area contributed by atoms with Crippen LogP contribution in [0.3, 0.4) is 0 Å². The molecular weight excluding hydrogens is 152 g/mol. The monoisotopic (exact) mass is 160 g/mol. The summed E-state index contributed by atoms with van der Waals surface area (Å²) in [5, 5.41) is 11.3. The second kappa shape index (κ2) is 3.03. The molecule has 0 saturated carbocycles. The first-order valence-electron chi connectivity index (χ1n) is 2.87. The van der Waals surface area contributed by atoms with Crippen LogP contribution in [0.5, 0.6) is 0 Å². The number of hydrogen-bond donors (Lipinski definition) is 2. The molecule has 5 heteroatoms. The third-order valence-corrected chi connectivity index (χ3v) is 2.12. The summed E-state index contributed by atoms with van der Waals surface area (Å²) in [4.78, 5) is 14.4. The lowest BCUT2D eigenvalue weighted by molar-refractivity contribution is -0.118. The van der Waals surface area contributed by atoms with Gasteiger partial charge in [-0.1, -0.05) is 11.8 Å². The SMILES string of the molecule is CC1S/C(=N\CO)NC1=O. The van der Waals surface area contributed by atoms with Gasteiger partial charge in [-0.3, -0.25) is 4.79 Å². The van der Waals surface area contributed by atoms with Crippen molar-refractivity contribution in [2.75, 3.05) is 6.73 Å². The van der Waals surface area contributed by atoms with Gasteiger partial charge in [0.2, 0.25) is 5.91 Å². The highest BCUT2D eigenvalue weighted by molar-refractivity contribution is 8.15. The van der Waals surface area contributed by atoms with Crippen LogP contribution in [0.15, 0.2) is 4.99 Å². The van der Waals surface area contributed by atoms with E-state index in [1.165, 1.54) is 11.8 Å². The van der Waals surface area contributed by atoms with Gasteiger partial charge in [-0.15, -0.1) is 0 Å². The average Bonchev–Trinajstić information content (AvgIpc) is 2.14. The normalized spacial score (nSPS) is 29.2. The minimum atomic E-state index is -0.269. The zero-order valence-corrected chi connectivity index (χ0v) is 6.31. The van der Waals surface area contributed by atoms with Crippen LogP contribution in [0.1, 0.15) is 6.92 Å². The van der Waals surface area contributed by atoms with Crippen molar-refractivity contribution in [3.05, 3.63) is 0 Å². The maximum Gasteiger partial charge on any atom is 0.239 e. The summed E-state index contributed by atoms with van der Waals surface area (Å²) < 4.78 is 0. The Balaban J connectivity index is 2.57. The third-order valence-electron chi connectivity index (χ3n) is 1.10. The Morgan fingerprint density at radius 1 is 1.90 bits per heavy atom. The van der Waals surface area contributed by atoms with E-state index in [4.69, 9.17) is 5.11 Å². The number of nitrogens with one attached hydrogen (secondary N) is 1. The number of amidine groups is 1. The van der Waals surface area contributed by atoms with Crippen LogP contribution in [0.25, 0.3) is 0 Å². The summed E-state index contributed by atoms with van der Waals surface area (Å²) in [7, 11) is 0. The number of aliphatic hydroxyl groups excluding tert-OH is 1. The Morgan fingerprint density at radius 2 is 2.60 bits per heavy atom. The lowest BCUT2D eigenvalue weighted by Gasteiger charge is -1.89. The largest absolute Gasteiger partial charge is 0.374 e. The number of amides is 1. The number of aliphatic hydroxyl groups is 1. The zero-order chi connectivity index (χ0) is 7.56. The molecule has 0 bridgehead atoms. The standard InChI is InChI=1S/C5H8N2O2S/c1-3-4(9)7-5(10-3)6-2-8/h3,8H,2H2,1H3,(H,6,7,9). The van der Waals surface area contributed by atoms with E-state index >= 15 is 0 Å². The van der Waals surface area contributed by atoms with Crippen molar-refractivity contribution in [3.8, 4) is 0 Å². The van der Waals surface area contributed by atoms with Gasteiger partial charge < -0.3 is 10.4 Å². The van der Waals surface area contributed by atoms with Crippen LogP contribution in [0.2, 0.25) is 0 Å². The molecule has 0 spiro atoms. The summed E-state index contributed by atoms with van der Waals surface area (Å²) in [6, 6.07) is 0. The predicted molar refractivity (Wildman–Crippen MR) is 39.7 cm³/mol. The number of carbonyl (C=O) groups excluding carboxylic acids is 1. The van der Waals surface area contributed by atoms with Gasteiger partial charge in [0.1, 0.15) is 6.73 Å². The first kappa shape index (κ1) is 7.56. The molecule has 0 aromatic rings. The molecule has 10 heavy (non-hydrogen) atoms.